The molecule has 0 unspecified atom stereocenters. The quantitative estimate of drug-likeness (QED) is 0.605. The zero-order valence-electron chi connectivity index (χ0n) is 7.05. The second kappa shape index (κ2) is 4.34. The van der Waals surface area contributed by atoms with Crippen molar-refractivity contribution in [3.05, 3.63) is 12.3 Å². The molecule has 60 valence electrons. The van der Waals surface area contributed by atoms with E-state index in [0.717, 1.165) is 0 Å². The fourth-order valence-corrected chi connectivity index (χ4v) is 0.405. The van der Waals surface area contributed by atoms with E-state index in [1.165, 1.54) is 0 Å². The summed E-state index contributed by atoms with van der Waals surface area (Å²) in [4.78, 5) is 0. The summed E-state index contributed by atoms with van der Waals surface area (Å²) >= 11 is 0. The first-order valence-electron chi connectivity index (χ1n) is 3.61. The summed E-state index contributed by atoms with van der Waals surface area (Å²) in [7, 11) is 0. The van der Waals surface area contributed by atoms with Crippen molar-refractivity contribution < 1.29 is 4.74 Å². The third kappa shape index (κ3) is 4.39. The molecule has 0 fully saturated rings. The Morgan fingerprint density at radius 2 is 2.00 bits per heavy atom. The molecular weight excluding hydrogens is 126 g/mol. The van der Waals surface area contributed by atoms with Crippen molar-refractivity contribution in [2.45, 2.75) is 26.8 Å². The molecule has 1 atom stereocenters. The Bertz CT molecular complexity index is 108. The van der Waals surface area contributed by atoms with E-state index >= 15 is 0 Å². The van der Waals surface area contributed by atoms with E-state index in [1.807, 2.05) is 6.92 Å². The van der Waals surface area contributed by atoms with Gasteiger partial charge in [0, 0.05) is 0 Å². The molecule has 0 saturated carbocycles. The maximum absolute atomic E-state index is 5.50. The lowest BCUT2D eigenvalue weighted by atomic mass is 10.2. The van der Waals surface area contributed by atoms with Gasteiger partial charge < -0.3 is 10.5 Å². The predicted octanol–water partition coefficient (Wildman–Crippen LogP) is 1.52. The van der Waals surface area contributed by atoms with Gasteiger partial charge in [0.25, 0.3) is 0 Å². The van der Waals surface area contributed by atoms with Gasteiger partial charge in [-0.3, -0.25) is 0 Å². The number of hydrogen-bond donors (Lipinski definition) is 1. The summed E-state index contributed by atoms with van der Waals surface area (Å²) in [5.41, 5.74) is 5.50. The molecule has 0 rings (SSSR count). The van der Waals surface area contributed by atoms with Crippen LogP contribution in [0.3, 0.4) is 0 Å². The average Bonchev–Trinajstić information content (AvgIpc) is 1.82. The highest BCUT2D eigenvalue weighted by Crippen LogP contribution is 2.01. The van der Waals surface area contributed by atoms with Gasteiger partial charge in [-0.25, -0.2) is 0 Å². The molecule has 2 nitrogen and oxygen atoms in total. The Morgan fingerprint density at radius 1 is 1.50 bits per heavy atom. The van der Waals surface area contributed by atoms with E-state index in [1.54, 1.807) is 0 Å². The van der Waals surface area contributed by atoms with Gasteiger partial charge in [0.05, 0.1) is 12.6 Å². The molecule has 0 spiro atoms. The van der Waals surface area contributed by atoms with Crippen molar-refractivity contribution in [1.29, 1.82) is 0 Å². The molecule has 0 heterocycles. The fraction of sp³-hybridized carbons (Fsp3) is 0.750. The molecule has 0 amide bonds. The van der Waals surface area contributed by atoms with Gasteiger partial charge in [-0.15, -0.1) is 0 Å². The van der Waals surface area contributed by atoms with Crippen molar-refractivity contribution >= 4 is 0 Å². The molecule has 0 aromatic carbocycles. The van der Waals surface area contributed by atoms with Crippen LogP contribution in [0.15, 0.2) is 12.3 Å². The smallest absolute Gasteiger partial charge is 0.105 e. The molecule has 2 N–H and O–H groups in total. The van der Waals surface area contributed by atoms with Gasteiger partial charge in [0.1, 0.15) is 5.76 Å². The summed E-state index contributed by atoms with van der Waals surface area (Å²) in [6.45, 7) is 10.4. The van der Waals surface area contributed by atoms with Gasteiger partial charge in [-0.2, -0.15) is 0 Å². The largest absolute Gasteiger partial charge is 0.497 e. The van der Waals surface area contributed by atoms with Gasteiger partial charge in [0.2, 0.25) is 0 Å². The van der Waals surface area contributed by atoms with Gasteiger partial charge in [0.15, 0.2) is 0 Å². The minimum Gasteiger partial charge on any atom is -0.497 e. The summed E-state index contributed by atoms with van der Waals surface area (Å²) in [5.74, 6) is 1.21. The Balaban J connectivity index is 3.40. The molecule has 0 aliphatic rings. The lowest BCUT2D eigenvalue weighted by Gasteiger charge is -2.13. The number of hydrogen-bond acceptors (Lipinski definition) is 2. The van der Waals surface area contributed by atoms with Crippen molar-refractivity contribution in [1.82, 2.24) is 0 Å². The highest BCUT2D eigenvalue weighted by Gasteiger charge is 2.01. The maximum atomic E-state index is 5.50. The molecule has 0 radical (unpaired) electrons. The van der Waals surface area contributed by atoms with Crippen LogP contribution in [0.25, 0.3) is 0 Å². The van der Waals surface area contributed by atoms with Crippen LogP contribution < -0.4 is 5.73 Å². The predicted molar refractivity (Wildman–Crippen MR) is 43.6 cm³/mol. The monoisotopic (exact) mass is 143 g/mol. The molecular formula is C8H17NO. The van der Waals surface area contributed by atoms with E-state index in [4.69, 9.17) is 10.5 Å². The molecule has 0 aromatic heterocycles. The topological polar surface area (TPSA) is 35.2 Å². The van der Waals surface area contributed by atoms with Crippen LogP contribution in [-0.4, -0.2) is 12.6 Å². The van der Waals surface area contributed by atoms with Gasteiger partial charge in [-0.1, -0.05) is 20.4 Å². The Kier molecular flexibility index (Phi) is 4.12. The normalized spacial score (nSPS) is 13.3. The third-order valence-electron chi connectivity index (χ3n) is 1.11. The van der Waals surface area contributed by atoms with Crippen molar-refractivity contribution in [2.24, 2.45) is 11.7 Å². The highest BCUT2D eigenvalue weighted by molar-refractivity contribution is 4.91. The van der Waals surface area contributed by atoms with E-state index in [-0.39, 0.29) is 6.04 Å². The molecule has 2 heteroatoms. The van der Waals surface area contributed by atoms with Crippen LogP contribution in [0.4, 0.5) is 0 Å². The van der Waals surface area contributed by atoms with E-state index in [0.29, 0.717) is 18.3 Å². The van der Waals surface area contributed by atoms with Crippen molar-refractivity contribution in [3.8, 4) is 0 Å². The first-order chi connectivity index (χ1) is 4.54. The van der Waals surface area contributed by atoms with E-state index in [9.17, 15) is 0 Å². The Labute approximate surface area is 63.1 Å². The SMILES string of the molecule is C=C(OCC(C)C)[C@@H](C)N. The van der Waals surface area contributed by atoms with Crippen LogP contribution in [0.2, 0.25) is 0 Å². The molecule has 0 saturated heterocycles. The zero-order valence-corrected chi connectivity index (χ0v) is 7.05. The molecule has 0 bridgehead atoms. The number of rotatable bonds is 4. The molecule has 10 heavy (non-hydrogen) atoms. The van der Waals surface area contributed by atoms with E-state index in [2.05, 4.69) is 20.4 Å². The van der Waals surface area contributed by atoms with Crippen LogP contribution in [0.1, 0.15) is 20.8 Å². The second-order valence-electron chi connectivity index (χ2n) is 2.96. The Morgan fingerprint density at radius 3 is 2.30 bits per heavy atom. The van der Waals surface area contributed by atoms with Gasteiger partial charge >= 0.3 is 0 Å². The van der Waals surface area contributed by atoms with Crippen molar-refractivity contribution in [2.75, 3.05) is 6.61 Å². The summed E-state index contributed by atoms with van der Waals surface area (Å²) in [6, 6.07) is -0.0567. The minimum absolute atomic E-state index is 0.0567. The minimum atomic E-state index is -0.0567. The third-order valence-corrected chi connectivity index (χ3v) is 1.11. The van der Waals surface area contributed by atoms with Crippen LogP contribution in [-0.2, 0) is 4.74 Å². The van der Waals surface area contributed by atoms with Crippen LogP contribution >= 0.6 is 0 Å². The summed E-state index contributed by atoms with van der Waals surface area (Å²) in [5, 5.41) is 0. The molecule has 0 aliphatic heterocycles. The zero-order chi connectivity index (χ0) is 8.15. The number of ether oxygens (including phenoxy) is 1. The van der Waals surface area contributed by atoms with E-state index < -0.39 is 0 Å². The highest BCUT2D eigenvalue weighted by atomic mass is 16.5. The first-order valence-corrected chi connectivity index (χ1v) is 3.61. The first kappa shape index (κ1) is 9.50. The summed E-state index contributed by atoms with van der Waals surface area (Å²) in [6.07, 6.45) is 0. The average molecular weight is 143 g/mol. The lowest BCUT2D eigenvalue weighted by Crippen LogP contribution is -2.20. The van der Waals surface area contributed by atoms with Gasteiger partial charge in [-0.05, 0) is 12.8 Å². The van der Waals surface area contributed by atoms with Crippen molar-refractivity contribution in [3.63, 3.8) is 0 Å². The van der Waals surface area contributed by atoms with Crippen LogP contribution in [0, 0.1) is 5.92 Å². The lowest BCUT2D eigenvalue weighted by molar-refractivity contribution is 0.167. The number of nitrogens with two attached hydrogens (primary N) is 1. The summed E-state index contributed by atoms with van der Waals surface area (Å²) < 4.78 is 5.25. The van der Waals surface area contributed by atoms with Crippen LogP contribution in [0.5, 0.6) is 0 Å². The Hall–Kier alpha value is -0.500. The maximum Gasteiger partial charge on any atom is 0.105 e. The molecule has 0 aliphatic carbocycles. The standard InChI is InChI=1S/C8H17NO/c1-6(2)5-10-8(4)7(3)9/h6-7H,4-5,9H2,1-3H3/t7-/m1/s1. The fourth-order valence-electron chi connectivity index (χ4n) is 0.405. The molecule has 0 aromatic rings. The second-order valence-corrected chi connectivity index (χ2v) is 2.96.